The molecular formula is C7H9N5O3. The maximum Gasteiger partial charge on any atom is 0.159 e. The second-order valence-electron chi connectivity index (χ2n) is 2.73. The molecule has 0 radical (unpaired) electrons. The fraction of sp³-hybridized carbons (Fsp3) is 0.429. The summed E-state index contributed by atoms with van der Waals surface area (Å²) in [5.41, 5.74) is 8.01. The maximum atomic E-state index is 9.47. The Bertz CT molecular complexity index is 361. The first-order valence-electron chi connectivity index (χ1n) is 4.03. The summed E-state index contributed by atoms with van der Waals surface area (Å²) in [6, 6.07) is 0. The Morgan fingerprint density at radius 3 is 2.53 bits per heavy atom. The van der Waals surface area contributed by atoms with Crippen LogP contribution in [0.15, 0.2) is 17.5 Å². The minimum absolute atomic E-state index is 0.0477. The molecule has 80 valence electrons. The van der Waals surface area contributed by atoms with Gasteiger partial charge in [0.15, 0.2) is 11.6 Å². The average molecular weight is 211 g/mol. The smallest absolute Gasteiger partial charge is 0.159 e. The lowest BCUT2D eigenvalue weighted by atomic mass is 10.2. The maximum absolute atomic E-state index is 9.47. The van der Waals surface area contributed by atoms with E-state index in [1.807, 2.05) is 0 Å². The zero-order valence-corrected chi connectivity index (χ0v) is 7.59. The minimum Gasteiger partial charge on any atom is -0.505 e. The third kappa shape index (κ3) is 3.06. The Labute approximate surface area is 84.5 Å². The molecule has 0 aliphatic carbocycles. The number of aliphatic hydroxyl groups is 2. The number of azide groups is 1. The van der Waals surface area contributed by atoms with Crippen LogP contribution < -0.4 is 0 Å². The molecule has 0 saturated heterocycles. The fourth-order valence-corrected chi connectivity index (χ4v) is 0.876. The lowest BCUT2D eigenvalue weighted by Gasteiger charge is -2.13. The Balaban J connectivity index is 2.70. The zero-order valence-electron chi connectivity index (χ0n) is 7.59. The van der Waals surface area contributed by atoms with Gasteiger partial charge in [-0.15, -0.1) is 0 Å². The van der Waals surface area contributed by atoms with Crippen LogP contribution in [0.25, 0.3) is 10.4 Å². The largest absolute Gasteiger partial charge is 0.505 e. The zero-order chi connectivity index (χ0) is 11.3. The number of hydrogen-bond donors (Lipinski definition) is 3. The first-order valence-corrected chi connectivity index (χ1v) is 4.03. The quantitative estimate of drug-likeness (QED) is 0.362. The van der Waals surface area contributed by atoms with Crippen LogP contribution in [-0.4, -0.2) is 37.9 Å². The molecule has 0 aromatic carbocycles. The van der Waals surface area contributed by atoms with Gasteiger partial charge in [-0.3, -0.25) is 0 Å². The van der Waals surface area contributed by atoms with Crippen LogP contribution in [0, 0.1) is 0 Å². The third-order valence-electron chi connectivity index (χ3n) is 1.62. The van der Waals surface area contributed by atoms with E-state index < -0.39 is 12.2 Å². The first kappa shape index (κ1) is 11.2. The second-order valence-corrected chi connectivity index (χ2v) is 2.73. The van der Waals surface area contributed by atoms with Crippen molar-refractivity contribution in [2.45, 2.75) is 12.2 Å². The van der Waals surface area contributed by atoms with E-state index in [9.17, 15) is 10.2 Å². The van der Waals surface area contributed by atoms with Crippen LogP contribution in [0.3, 0.4) is 0 Å². The molecule has 15 heavy (non-hydrogen) atoms. The monoisotopic (exact) mass is 211 g/mol. The Morgan fingerprint density at radius 2 is 2.00 bits per heavy atom. The predicted octanol–water partition coefficient (Wildman–Crippen LogP) is -0.113. The molecule has 1 heterocycles. The second kappa shape index (κ2) is 5.11. The van der Waals surface area contributed by atoms with Gasteiger partial charge in [-0.25, -0.2) is 9.97 Å². The SMILES string of the molecule is [N-]=[N+]=NCC(O)C(O)c1ncc(O)cn1. The highest BCUT2D eigenvalue weighted by Gasteiger charge is 2.19. The highest BCUT2D eigenvalue weighted by Crippen LogP contribution is 2.14. The van der Waals surface area contributed by atoms with E-state index in [1.165, 1.54) is 0 Å². The van der Waals surface area contributed by atoms with Crippen molar-refractivity contribution in [3.05, 3.63) is 28.7 Å². The fourth-order valence-electron chi connectivity index (χ4n) is 0.876. The van der Waals surface area contributed by atoms with Crippen molar-refractivity contribution in [3.63, 3.8) is 0 Å². The molecule has 8 heteroatoms. The molecule has 2 unspecified atom stereocenters. The first-order chi connectivity index (χ1) is 7.15. The van der Waals surface area contributed by atoms with Crippen LogP contribution in [0.2, 0.25) is 0 Å². The van der Waals surface area contributed by atoms with Gasteiger partial charge >= 0.3 is 0 Å². The molecule has 0 amide bonds. The summed E-state index contributed by atoms with van der Waals surface area (Å²) in [7, 11) is 0. The number of nitrogens with zero attached hydrogens (tertiary/aromatic N) is 5. The number of aromatic nitrogens is 2. The van der Waals surface area contributed by atoms with Gasteiger partial charge in [0.1, 0.15) is 6.10 Å². The summed E-state index contributed by atoms with van der Waals surface area (Å²) in [5, 5.41) is 30.8. The van der Waals surface area contributed by atoms with Gasteiger partial charge in [-0.2, -0.15) is 0 Å². The molecule has 0 aliphatic heterocycles. The molecule has 3 N–H and O–H groups in total. The van der Waals surface area contributed by atoms with Gasteiger partial charge < -0.3 is 15.3 Å². The van der Waals surface area contributed by atoms with Crippen molar-refractivity contribution in [2.24, 2.45) is 5.11 Å². The Kier molecular flexibility index (Phi) is 3.81. The van der Waals surface area contributed by atoms with Crippen LogP contribution in [0.4, 0.5) is 0 Å². The Hall–Kier alpha value is -1.89. The molecule has 0 bridgehead atoms. The van der Waals surface area contributed by atoms with Gasteiger partial charge in [0.2, 0.25) is 0 Å². The van der Waals surface area contributed by atoms with Crippen LogP contribution in [0.5, 0.6) is 5.75 Å². The molecule has 1 aromatic heterocycles. The van der Waals surface area contributed by atoms with Gasteiger partial charge in [0.05, 0.1) is 25.0 Å². The minimum atomic E-state index is -1.35. The summed E-state index contributed by atoms with van der Waals surface area (Å²) in [6.07, 6.45) is -0.445. The van der Waals surface area contributed by atoms with E-state index in [2.05, 4.69) is 20.0 Å². The summed E-state index contributed by atoms with van der Waals surface area (Å²) < 4.78 is 0. The van der Waals surface area contributed by atoms with Crippen molar-refractivity contribution in [2.75, 3.05) is 6.54 Å². The topological polar surface area (TPSA) is 135 Å². The van der Waals surface area contributed by atoms with E-state index in [1.54, 1.807) is 0 Å². The highest BCUT2D eigenvalue weighted by atomic mass is 16.3. The van der Waals surface area contributed by atoms with Crippen molar-refractivity contribution in [1.29, 1.82) is 0 Å². The predicted molar refractivity (Wildman–Crippen MR) is 48.7 cm³/mol. The average Bonchev–Trinajstić information content (AvgIpc) is 2.26. The van der Waals surface area contributed by atoms with E-state index in [4.69, 9.17) is 10.6 Å². The normalized spacial score (nSPS) is 14.0. The molecule has 1 rings (SSSR count). The molecule has 1 aromatic rings. The number of aromatic hydroxyl groups is 1. The van der Waals surface area contributed by atoms with E-state index in [0.29, 0.717) is 0 Å². The van der Waals surface area contributed by atoms with E-state index >= 15 is 0 Å². The molecular weight excluding hydrogens is 202 g/mol. The third-order valence-corrected chi connectivity index (χ3v) is 1.62. The van der Waals surface area contributed by atoms with Crippen molar-refractivity contribution in [3.8, 4) is 5.75 Å². The molecule has 0 aliphatic rings. The van der Waals surface area contributed by atoms with Crippen LogP contribution >= 0.6 is 0 Å². The number of hydrogen-bond acceptors (Lipinski definition) is 6. The van der Waals surface area contributed by atoms with Gasteiger partial charge in [-0.1, -0.05) is 5.11 Å². The van der Waals surface area contributed by atoms with Crippen molar-refractivity contribution < 1.29 is 15.3 Å². The standard InChI is InChI=1S/C7H9N5O3/c8-12-11-3-5(14)6(15)7-9-1-4(13)2-10-7/h1-2,5-6,13-15H,3H2. The van der Waals surface area contributed by atoms with Crippen LogP contribution in [0.1, 0.15) is 11.9 Å². The van der Waals surface area contributed by atoms with Crippen molar-refractivity contribution >= 4 is 0 Å². The Morgan fingerprint density at radius 1 is 1.40 bits per heavy atom. The molecule has 0 saturated carbocycles. The molecule has 8 nitrogen and oxygen atoms in total. The lowest BCUT2D eigenvalue weighted by Crippen LogP contribution is -2.22. The summed E-state index contributed by atoms with van der Waals surface area (Å²) >= 11 is 0. The van der Waals surface area contributed by atoms with E-state index in [0.717, 1.165) is 12.4 Å². The van der Waals surface area contributed by atoms with Gasteiger partial charge in [0, 0.05) is 4.91 Å². The summed E-state index contributed by atoms with van der Waals surface area (Å²) in [5.74, 6) is -0.191. The van der Waals surface area contributed by atoms with Crippen LogP contribution in [-0.2, 0) is 0 Å². The van der Waals surface area contributed by atoms with Gasteiger partial charge in [-0.05, 0) is 5.53 Å². The van der Waals surface area contributed by atoms with Gasteiger partial charge in [0.25, 0.3) is 0 Å². The molecule has 0 spiro atoms. The molecule has 2 atom stereocenters. The van der Waals surface area contributed by atoms with E-state index in [-0.39, 0.29) is 18.1 Å². The van der Waals surface area contributed by atoms with Crippen molar-refractivity contribution in [1.82, 2.24) is 9.97 Å². The number of aliphatic hydroxyl groups excluding tert-OH is 2. The summed E-state index contributed by atoms with van der Waals surface area (Å²) in [4.78, 5) is 9.64. The molecule has 0 fully saturated rings. The number of rotatable bonds is 4. The lowest BCUT2D eigenvalue weighted by molar-refractivity contribution is 0.0188. The summed E-state index contributed by atoms with van der Waals surface area (Å²) in [6.45, 7) is -0.276. The highest BCUT2D eigenvalue weighted by molar-refractivity contribution is 5.10.